The Kier molecular flexibility index (Phi) is 4.74. The smallest absolute Gasteiger partial charge is 0.0673 e. The van der Waals surface area contributed by atoms with Crippen LogP contribution in [0.4, 0.5) is 0 Å². The molecular weight excluding hydrogens is 162 g/mol. The van der Waals surface area contributed by atoms with E-state index in [-0.39, 0.29) is 0 Å². The van der Waals surface area contributed by atoms with Gasteiger partial charge in [-0.15, -0.1) is 0 Å². The first-order valence-electron chi connectivity index (χ1n) is 5.60. The molecule has 0 aromatic rings. The Morgan fingerprint density at radius 3 is 2.77 bits per heavy atom. The molecule has 13 heavy (non-hydrogen) atoms. The van der Waals surface area contributed by atoms with Crippen molar-refractivity contribution in [3.63, 3.8) is 0 Å². The lowest BCUT2D eigenvalue weighted by Gasteiger charge is -2.20. The van der Waals surface area contributed by atoms with Crippen LogP contribution in [0.3, 0.4) is 0 Å². The first-order chi connectivity index (χ1) is 6.26. The SMILES string of the molecule is CCO[C@@H](C)CN1CC[C@H](CC)C1. The molecule has 0 amide bonds. The van der Waals surface area contributed by atoms with Gasteiger partial charge < -0.3 is 9.64 Å². The summed E-state index contributed by atoms with van der Waals surface area (Å²) in [6, 6.07) is 0. The number of hydrogen-bond acceptors (Lipinski definition) is 2. The molecule has 0 N–H and O–H groups in total. The van der Waals surface area contributed by atoms with Gasteiger partial charge in [-0.2, -0.15) is 0 Å². The number of ether oxygens (including phenoxy) is 1. The van der Waals surface area contributed by atoms with Gasteiger partial charge in [0.15, 0.2) is 0 Å². The number of hydrogen-bond donors (Lipinski definition) is 0. The Bertz CT molecular complexity index is 138. The van der Waals surface area contributed by atoms with Gasteiger partial charge in [0.25, 0.3) is 0 Å². The van der Waals surface area contributed by atoms with Crippen molar-refractivity contribution in [1.29, 1.82) is 0 Å². The number of rotatable bonds is 5. The Labute approximate surface area is 82.3 Å². The summed E-state index contributed by atoms with van der Waals surface area (Å²) >= 11 is 0. The lowest BCUT2D eigenvalue weighted by Crippen LogP contribution is -2.30. The van der Waals surface area contributed by atoms with Crippen LogP contribution in [0.25, 0.3) is 0 Å². The quantitative estimate of drug-likeness (QED) is 0.650. The lowest BCUT2D eigenvalue weighted by molar-refractivity contribution is 0.0506. The summed E-state index contributed by atoms with van der Waals surface area (Å²) in [7, 11) is 0. The average molecular weight is 185 g/mol. The highest BCUT2D eigenvalue weighted by atomic mass is 16.5. The molecule has 1 fully saturated rings. The Balaban J connectivity index is 2.16. The molecule has 0 bridgehead atoms. The van der Waals surface area contributed by atoms with Crippen LogP contribution < -0.4 is 0 Å². The van der Waals surface area contributed by atoms with Crippen molar-refractivity contribution in [2.75, 3.05) is 26.2 Å². The van der Waals surface area contributed by atoms with E-state index in [2.05, 4.69) is 25.7 Å². The topological polar surface area (TPSA) is 12.5 Å². The van der Waals surface area contributed by atoms with Crippen molar-refractivity contribution in [3.8, 4) is 0 Å². The van der Waals surface area contributed by atoms with Gasteiger partial charge in [-0.3, -0.25) is 0 Å². The van der Waals surface area contributed by atoms with Gasteiger partial charge in [-0.05, 0) is 32.7 Å². The lowest BCUT2D eigenvalue weighted by atomic mass is 10.1. The molecule has 0 unspecified atom stereocenters. The molecule has 1 heterocycles. The van der Waals surface area contributed by atoms with E-state index in [1.54, 1.807) is 0 Å². The van der Waals surface area contributed by atoms with Gasteiger partial charge in [0.2, 0.25) is 0 Å². The second-order valence-electron chi connectivity index (χ2n) is 4.09. The van der Waals surface area contributed by atoms with E-state index in [9.17, 15) is 0 Å². The molecule has 2 nitrogen and oxygen atoms in total. The molecule has 1 aliphatic rings. The minimum atomic E-state index is 0.403. The summed E-state index contributed by atoms with van der Waals surface area (Å²) in [4.78, 5) is 2.54. The highest BCUT2D eigenvalue weighted by molar-refractivity contribution is 4.75. The monoisotopic (exact) mass is 185 g/mol. The van der Waals surface area contributed by atoms with Crippen molar-refractivity contribution in [3.05, 3.63) is 0 Å². The van der Waals surface area contributed by atoms with Crippen LogP contribution in [0.1, 0.15) is 33.6 Å². The molecule has 0 saturated carbocycles. The summed E-state index contributed by atoms with van der Waals surface area (Å²) < 4.78 is 5.53. The average Bonchev–Trinajstić information content (AvgIpc) is 2.52. The third-order valence-electron chi connectivity index (χ3n) is 2.91. The second-order valence-corrected chi connectivity index (χ2v) is 4.09. The van der Waals surface area contributed by atoms with Gasteiger partial charge >= 0.3 is 0 Å². The molecule has 0 aromatic carbocycles. The maximum Gasteiger partial charge on any atom is 0.0673 e. The van der Waals surface area contributed by atoms with E-state index < -0.39 is 0 Å². The third kappa shape index (κ3) is 3.65. The summed E-state index contributed by atoms with van der Waals surface area (Å²) in [5, 5.41) is 0. The van der Waals surface area contributed by atoms with Crippen LogP contribution in [0.15, 0.2) is 0 Å². The highest BCUT2D eigenvalue weighted by Crippen LogP contribution is 2.19. The molecule has 1 aliphatic heterocycles. The van der Waals surface area contributed by atoms with Gasteiger partial charge in [0.1, 0.15) is 0 Å². The number of likely N-dealkylation sites (tertiary alicyclic amines) is 1. The standard InChI is InChI=1S/C11H23NO/c1-4-11-6-7-12(9-11)8-10(3)13-5-2/h10-11H,4-9H2,1-3H3/t10-,11-/m0/s1. The van der Waals surface area contributed by atoms with Crippen molar-refractivity contribution < 1.29 is 4.74 Å². The fraction of sp³-hybridized carbons (Fsp3) is 1.00. The molecule has 0 spiro atoms. The normalized spacial score (nSPS) is 26.5. The molecule has 2 heteroatoms. The van der Waals surface area contributed by atoms with E-state index in [4.69, 9.17) is 4.74 Å². The van der Waals surface area contributed by atoms with Gasteiger partial charge in [0.05, 0.1) is 6.10 Å². The summed E-state index contributed by atoms with van der Waals surface area (Å²) in [6.45, 7) is 11.0. The largest absolute Gasteiger partial charge is 0.377 e. The van der Waals surface area contributed by atoms with Crippen molar-refractivity contribution in [1.82, 2.24) is 4.90 Å². The van der Waals surface area contributed by atoms with Crippen LogP contribution in [0.2, 0.25) is 0 Å². The van der Waals surface area contributed by atoms with E-state index in [1.165, 1.54) is 25.9 Å². The predicted octanol–water partition coefficient (Wildman–Crippen LogP) is 2.14. The minimum absolute atomic E-state index is 0.403. The van der Waals surface area contributed by atoms with Gasteiger partial charge in [-0.25, -0.2) is 0 Å². The van der Waals surface area contributed by atoms with Gasteiger partial charge in [0, 0.05) is 19.7 Å². The van der Waals surface area contributed by atoms with E-state index in [0.29, 0.717) is 6.10 Å². The Morgan fingerprint density at radius 1 is 1.46 bits per heavy atom. The molecule has 0 radical (unpaired) electrons. The molecule has 1 saturated heterocycles. The summed E-state index contributed by atoms with van der Waals surface area (Å²) in [6.07, 6.45) is 3.12. The Morgan fingerprint density at radius 2 is 2.23 bits per heavy atom. The summed E-state index contributed by atoms with van der Waals surface area (Å²) in [5.74, 6) is 0.939. The van der Waals surface area contributed by atoms with E-state index in [0.717, 1.165) is 19.1 Å². The first kappa shape index (κ1) is 11.0. The zero-order valence-corrected chi connectivity index (χ0v) is 9.25. The first-order valence-corrected chi connectivity index (χ1v) is 5.60. The van der Waals surface area contributed by atoms with Crippen LogP contribution >= 0.6 is 0 Å². The van der Waals surface area contributed by atoms with Crippen LogP contribution in [-0.2, 0) is 4.74 Å². The third-order valence-corrected chi connectivity index (χ3v) is 2.91. The second kappa shape index (κ2) is 5.61. The molecular formula is C11H23NO. The van der Waals surface area contributed by atoms with Crippen molar-refractivity contribution in [2.45, 2.75) is 39.7 Å². The van der Waals surface area contributed by atoms with Crippen LogP contribution in [0.5, 0.6) is 0 Å². The predicted molar refractivity (Wildman–Crippen MR) is 55.9 cm³/mol. The fourth-order valence-electron chi connectivity index (χ4n) is 2.11. The van der Waals surface area contributed by atoms with Gasteiger partial charge in [-0.1, -0.05) is 13.3 Å². The maximum absolute atomic E-state index is 5.53. The minimum Gasteiger partial charge on any atom is -0.377 e. The van der Waals surface area contributed by atoms with Crippen LogP contribution in [0, 0.1) is 5.92 Å². The highest BCUT2D eigenvalue weighted by Gasteiger charge is 2.21. The zero-order valence-electron chi connectivity index (χ0n) is 9.25. The molecule has 1 rings (SSSR count). The molecule has 0 aliphatic carbocycles. The van der Waals surface area contributed by atoms with Crippen molar-refractivity contribution in [2.24, 2.45) is 5.92 Å². The summed E-state index contributed by atoms with van der Waals surface area (Å²) in [5.41, 5.74) is 0. The zero-order chi connectivity index (χ0) is 9.68. The molecule has 2 atom stereocenters. The van der Waals surface area contributed by atoms with Crippen LogP contribution in [-0.4, -0.2) is 37.2 Å². The Hall–Kier alpha value is -0.0800. The molecule has 0 aromatic heterocycles. The van der Waals surface area contributed by atoms with E-state index >= 15 is 0 Å². The fourth-order valence-corrected chi connectivity index (χ4v) is 2.11. The van der Waals surface area contributed by atoms with E-state index in [1.807, 2.05) is 0 Å². The number of nitrogens with zero attached hydrogens (tertiary/aromatic N) is 1. The maximum atomic E-state index is 5.53. The molecule has 78 valence electrons. The van der Waals surface area contributed by atoms with Crippen molar-refractivity contribution >= 4 is 0 Å².